The summed E-state index contributed by atoms with van der Waals surface area (Å²) in [5.74, 6) is 1.58. The van der Waals surface area contributed by atoms with Gasteiger partial charge in [0.25, 0.3) is 0 Å². The van der Waals surface area contributed by atoms with Gasteiger partial charge in [-0.15, -0.1) is 0 Å². The minimum atomic E-state index is 0.789. The zero-order chi connectivity index (χ0) is 8.39. The molecule has 12 heavy (non-hydrogen) atoms. The predicted molar refractivity (Wildman–Crippen MR) is 45.2 cm³/mol. The van der Waals surface area contributed by atoms with E-state index < -0.39 is 0 Å². The molecule has 1 aliphatic rings. The molecule has 0 saturated carbocycles. The first-order valence-electron chi connectivity index (χ1n) is 3.68. The topological polar surface area (TPSA) is 30.5 Å². The normalized spacial score (nSPS) is 13.6. The molecule has 2 rings (SSSR count). The van der Waals surface area contributed by atoms with Gasteiger partial charge in [0.05, 0.1) is 18.9 Å². The molecule has 3 heteroatoms. The number of hydroxylamine groups is 1. The molecular weight excluding hydrogens is 154 g/mol. The van der Waals surface area contributed by atoms with Crippen molar-refractivity contribution in [2.24, 2.45) is 0 Å². The molecule has 1 aromatic carbocycles. The lowest BCUT2D eigenvalue weighted by molar-refractivity contribution is 0.226. The van der Waals surface area contributed by atoms with E-state index in [0.29, 0.717) is 0 Å². The third-order valence-corrected chi connectivity index (χ3v) is 1.73. The Morgan fingerprint density at radius 1 is 1.33 bits per heavy atom. The van der Waals surface area contributed by atoms with Crippen molar-refractivity contribution in [3.05, 3.63) is 36.0 Å². The lowest BCUT2D eigenvalue weighted by atomic mass is 10.1. The zero-order valence-electron chi connectivity index (χ0n) is 6.70. The van der Waals surface area contributed by atoms with E-state index in [2.05, 4.69) is 5.48 Å². The number of para-hydroxylation sites is 1. The first kappa shape index (κ1) is 7.03. The number of fused-ring (bicyclic) bond motifs is 1. The fourth-order valence-electron chi connectivity index (χ4n) is 1.15. The maximum atomic E-state index is 5.15. The summed E-state index contributed by atoms with van der Waals surface area (Å²) in [6.45, 7) is 0. The molecule has 0 unspecified atom stereocenters. The van der Waals surface area contributed by atoms with E-state index in [1.807, 2.05) is 24.3 Å². The second-order valence-corrected chi connectivity index (χ2v) is 2.43. The molecule has 0 spiro atoms. The lowest BCUT2D eigenvalue weighted by Gasteiger charge is -2.17. The molecule has 62 valence electrons. The van der Waals surface area contributed by atoms with E-state index in [1.165, 1.54) is 0 Å². The molecule has 0 atom stereocenters. The largest absolute Gasteiger partial charge is 0.494 e. The standard InChI is InChI=1S/C9H9NO2/c1-11-9-6-10-12-8-5-3-2-4-7(8)9/h2-6,10H,1H3. The van der Waals surface area contributed by atoms with Crippen LogP contribution in [0, 0.1) is 0 Å². The highest BCUT2D eigenvalue weighted by atomic mass is 16.6. The van der Waals surface area contributed by atoms with Gasteiger partial charge in [-0.2, -0.15) is 0 Å². The van der Waals surface area contributed by atoms with Gasteiger partial charge in [-0.3, -0.25) is 0 Å². The number of methoxy groups -OCH3 is 1. The summed E-state index contributed by atoms with van der Waals surface area (Å²) in [4.78, 5) is 5.15. The van der Waals surface area contributed by atoms with Crippen LogP contribution >= 0.6 is 0 Å². The van der Waals surface area contributed by atoms with E-state index in [0.717, 1.165) is 17.1 Å². The van der Waals surface area contributed by atoms with Gasteiger partial charge in [-0.25, -0.2) is 5.48 Å². The highest BCUT2D eigenvalue weighted by Crippen LogP contribution is 2.27. The SMILES string of the molecule is COC1=CNOc2ccccc21. The number of hydrogen-bond donors (Lipinski definition) is 1. The van der Waals surface area contributed by atoms with E-state index in [-0.39, 0.29) is 0 Å². The van der Waals surface area contributed by atoms with Crippen LogP contribution in [0.4, 0.5) is 0 Å². The lowest BCUT2D eigenvalue weighted by Crippen LogP contribution is -2.17. The second-order valence-electron chi connectivity index (χ2n) is 2.43. The van der Waals surface area contributed by atoms with Gasteiger partial charge in [0, 0.05) is 0 Å². The van der Waals surface area contributed by atoms with Crippen LogP contribution in [0.3, 0.4) is 0 Å². The molecule has 0 bridgehead atoms. The summed E-state index contributed by atoms with van der Waals surface area (Å²) in [5, 5.41) is 0. The zero-order valence-corrected chi connectivity index (χ0v) is 6.70. The van der Waals surface area contributed by atoms with Gasteiger partial charge < -0.3 is 9.57 Å². The van der Waals surface area contributed by atoms with Crippen LogP contribution in [-0.4, -0.2) is 7.11 Å². The van der Waals surface area contributed by atoms with E-state index in [9.17, 15) is 0 Å². The van der Waals surface area contributed by atoms with Crippen molar-refractivity contribution in [1.29, 1.82) is 0 Å². The molecule has 0 radical (unpaired) electrons. The summed E-state index contributed by atoms with van der Waals surface area (Å²) in [7, 11) is 1.63. The van der Waals surface area contributed by atoms with Crippen molar-refractivity contribution in [3.63, 3.8) is 0 Å². The fraction of sp³-hybridized carbons (Fsp3) is 0.111. The minimum absolute atomic E-state index is 0.789. The fourth-order valence-corrected chi connectivity index (χ4v) is 1.15. The number of rotatable bonds is 1. The van der Waals surface area contributed by atoms with Crippen LogP contribution in [0.25, 0.3) is 5.76 Å². The van der Waals surface area contributed by atoms with Gasteiger partial charge in [0.1, 0.15) is 5.76 Å². The maximum Gasteiger partial charge on any atom is 0.166 e. The predicted octanol–water partition coefficient (Wildman–Crippen LogP) is 1.53. The van der Waals surface area contributed by atoms with Crippen LogP contribution in [0.1, 0.15) is 5.56 Å². The average molecular weight is 163 g/mol. The Morgan fingerprint density at radius 3 is 3.00 bits per heavy atom. The Labute approximate surface area is 70.6 Å². The highest BCUT2D eigenvalue weighted by molar-refractivity contribution is 5.66. The Hall–Kier alpha value is -1.64. The van der Waals surface area contributed by atoms with Crippen molar-refractivity contribution in [1.82, 2.24) is 5.48 Å². The Balaban J connectivity index is 2.48. The van der Waals surface area contributed by atoms with Gasteiger partial charge in [-0.1, -0.05) is 12.1 Å². The van der Waals surface area contributed by atoms with Crippen LogP contribution in [0.15, 0.2) is 30.5 Å². The van der Waals surface area contributed by atoms with E-state index >= 15 is 0 Å². The number of nitrogens with one attached hydrogen (secondary N) is 1. The molecule has 1 heterocycles. The van der Waals surface area contributed by atoms with E-state index in [1.54, 1.807) is 13.3 Å². The van der Waals surface area contributed by atoms with Crippen LogP contribution in [-0.2, 0) is 4.74 Å². The average Bonchev–Trinajstić information content (AvgIpc) is 2.17. The van der Waals surface area contributed by atoms with Crippen LogP contribution in [0.2, 0.25) is 0 Å². The molecule has 0 aliphatic carbocycles. The smallest absolute Gasteiger partial charge is 0.166 e. The monoisotopic (exact) mass is 163 g/mol. The van der Waals surface area contributed by atoms with Gasteiger partial charge in [0.2, 0.25) is 0 Å². The Morgan fingerprint density at radius 2 is 2.17 bits per heavy atom. The molecular formula is C9H9NO2. The maximum absolute atomic E-state index is 5.15. The molecule has 0 amide bonds. The van der Waals surface area contributed by atoms with Gasteiger partial charge in [0.15, 0.2) is 5.75 Å². The van der Waals surface area contributed by atoms with E-state index in [4.69, 9.17) is 9.57 Å². The summed E-state index contributed by atoms with van der Waals surface area (Å²) in [6, 6.07) is 7.69. The second kappa shape index (κ2) is 2.77. The third-order valence-electron chi connectivity index (χ3n) is 1.73. The molecule has 1 aromatic rings. The summed E-state index contributed by atoms with van der Waals surface area (Å²) in [6.07, 6.45) is 1.68. The first-order chi connectivity index (χ1) is 5.92. The van der Waals surface area contributed by atoms with Crippen molar-refractivity contribution >= 4 is 5.76 Å². The molecule has 0 fully saturated rings. The van der Waals surface area contributed by atoms with Crippen molar-refractivity contribution in [3.8, 4) is 5.75 Å². The van der Waals surface area contributed by atoms with Crippen LogP contribution < -0.4 is 10.3 Å². The quantitative estimate of drug-likeness (QED) is 0.681. The third kappa shape index (κ3) is 0.993. The highest BCUT2D eigenvalue weighted by Gasteiger charge is 2.12. The minimum Gasteiger partial charge on any atom is -0.494 e. The van der Waals surface area contributed by atoms with Crippen molar-refractivity contribution < 1.29 is 9.57 Å². The van der Waals surface area contributed by atoms with Crippen LogP contribution in [0.5, 0.6) is 5.75 Å². The van der Waals surface area contributed by atoms with Gasteiger partial charge >= 0.3 is 0 Å². The molecule has 0 aromatic heterocycles. The number of benzene rings is 1. The molecule has 0 saturated heterocycles. The molecule has 1 N–H and O–H groups in total. The summed E-state index contributed by atoms with van der Waals surface area (Å²) in [5.41, 5.74) is 3.63. The number of hydrogen-bond acceptors (Lipinski definition) is 3. The Kier molecular flexibility index (Phi) is 1.63. The molecule has 3 nitrogen and oxygen atoms in total. The Bertz CT molecular complexity index is 320. The number of ether oxygens (including phenoxy) is 1. The molecule has 1 aliphatic heterocycles. The van der Waals surface area contributed by atoms with Gasteiger partial charge in [-0.05, 0) is 12.1 Å². The van der Waals surface area contributed by atoms with Crippen molar-refractivity contribution in [2.75, 3.05) is 7.11 Å². The van der Waals surface area contributed by atoms with Crippen molar-refractivity contribution in [2.45, 2.75) is 0 Å². The summed E-state index contributed by atoms with van der Waals surface area (Å²) >= 11 is 0. The first-order valence-corrected chi connectivity index (χ1v) is 3.68. The summed E-state index contributed by atoms with van der Waals surface area (Å²) < 4.78 is 5.14.